The maximum Gasteiger partial charge on any atom is 0.231 e. The molecule has 1 unspecified atom stereocenters. The lowest BCUT2D eigenvalue weighted by molar-refractivity contribution is 0.173. The lowest BCUT2D eigenvalue weighted by Crippen LogP contribution is -2.23. The highest BCUT2D eigenvalue weighted by molar-refractivity contribution is 7.09. The van der Waals surface area contributed by atoms with Crippen molar-refractivity contribution in [3.63, 3.8) is 0 Å². The van der Waals surface area contributed by atoms with Crippen LogP contribution < -0.4 is 19.5 Å². The van der Waals surface area contributed by atoms with Crippen molar-refractivity contribution in [3.05, 3.63) is 56.7 Å². The molecule has 142 valence electrons. The Morgan fingerprint density at radius 1 is 1.26 bits per heavy atom. The molecule has 1 atom stereocenters. The fraction of sp³-hybridized carbons (Fsp3) is 0.350. The average molecular weight is 403 g/mol. The minimum atomic E-state index is 0.157. The fourth-order valence-corrected chi connectivity index (χ4v) is 4.38. The summed E-state index contributed by atoms with van der Waals surface area (Å²) in [6.45, 7) is 3.71. The lowest BCUT2D eigenvalue weighted by atomic mass is 10.1. The van der Waals surface area contributed by atoms with E-state index in [1.165, 1.54) is 5.56 Å². The van der Waals surface area contributed by atoms with E-state index in [-0.39, 0.29) is 12.8 Å². The first-order chi connectivity index (χ1) is 13.3. The molecule has 0 spiro atoms. The van der Waals surface area contributed by atoms with Crippen LogP contribution in [0.5, 0.6) is 17.2 Å². The van der Waals surface area contributed by atoms with Crippen LogP contribution in [0.2, 0.25) is 0 Å². The molecule has 27 heavy (non-hydrogen) atoms. The van der Waals surface area contributed by atoms with Crippen molar-refractivity contribution in [3.8, 4) is 17.2 Å². The first kappa shape index (κ1) is 18.3. The maximum absolute atomic E-state index is 5.95. The Labute approximate surface area is 166 Å². The molecular weight excluding hydrogens is 380 g/mol. The summed E-state index contributed by atoms with van der Waals surface area (Å²) in [7, 11) is 0. The van der Waals surface area contributed by atoms with E-state index in [4.69, 9.17) is 14.2 Å². The van der Waals surface area contributed by atoms with Crippen LogP contribution in [0, 0.1) is 0 Å². The van der Waals surface area contributed by atoms with Gasteiger partial charge < -0.3 is 19.5 Å². The lowest BCUT2D eigenvalue weighted by Gasteiger charge is -2.18. The monoisotopic (exact) mass is 402 g/mol. The number of nitrogens with zero attached hydrogens (tertiary/aromatic N) is 1. The third kappa shape index (κ3) is 4.43. The Kier molecular flexibility index (Phi) is 5.91. The summed E-state index contributed by atoms with van der Waals surface area (Å²) in [5.74, 6) is 2.38. The number of aromatic nitrogens is 1. The second-order valence-corrected chi connectivity index (χ2v) is 8.01. The topological polar surface area (TPSA) is 52.6 Å². The van der Waals surface area contributed by atoms with Gasteiger partial charge in [-0.3, -0.25) is 0 Å². The number of fused-ring (bicyclic) bond motifs is 1. The summed E-state index contributed by atoms with van der Waals surface area (Å²) in [6.07, 6.45) is 3.73. The summed E-state index contributed by atoms with van der Waals surface area (Å²) in [4.78, 5) is 4.52. The number of nitrogens with one attached hydrogen (secondary N) is 1. The highest BCUT2D eigenvalue weighted by Crippen LogP contribution is 2.38. The second-order valence-electron chi connectivity index (χ2n) is 6.30. The van der Waals surface area contributed by atoms with Gasteiger partial charge in [-0.05, 0) is 41.3 Å². The zero-order chi connectivity index (χ0) is 18.5. The summed E-state index contributed by atoms with van der Waals surface area (Å²) in [5, 5.41) is 11.1. The van der Waals surface area contributed by atoms with Crippen LogP contribution >= 0.6 is 22.7 Å². The number of thiophene rings is 1. The second kappa shape index (κ2) is 8.73. The molecule has 0 saturated heterocycles. The molecule has 0 radical (unpaired) electrons. The minimum absolute atomic E-state index is 0.157. The van der Waals surface area contributed by atoms with Gasteiger partial charge in [0.15, 0.2) is 11.5 Å². The van der Waals surface area contributed by atoms with Crippen LogP contribution in [0.3, 0.4) is 0 Å². The smallest absolute Gasteiger partial charge is 0.231 e. The molecule has 0 aliphatic carbocycles. The molecule has 0 saturated carbocycles. The summed E-state index contributed by atoms with van der Waals surface area (Å²) in [6, 6.07) is 6.28. The molecule has 3 heterocycles. The number of ether oxygens (including phenoxy) is 3. The van der Waals surface area contributed by atoms with Crippen molar-refractivity contribution in [1.29, 1.82) is 0 Å². The molecule has 7 heteroatoms. The van der Waals surface area contributed by atoms with Crippen LogP contribution in [0.25, 0.3) is 0 Å². The fourth-order valence-electron chi connectivity index (χ4n) is 2.98. The molecule has 1 aromatic carbocycles. The van der Waals surface area contributed by atoms with Gasteiger partial charge in [0.2, 0.25) is 6.79 Å². The molecule has 3 aromatic rings. The molecule has 0 amide bonds. The number of benzene rings is 1. The molecule has 4 rings (SSSR count). The first-order valence-corrected chi connectivity index (χ1v) is 10.8. The SMILES string of the molecule is CCCOc1cc2c(cc1CNC(Cc1ccsc1)c1nccs1)OCO2. The van der Waals surface area contributed by atoms with Crippen molar-refractivity contribution < 1.29 is 14.2 Å². The summed E-state index contributed by atoms with van der Waals surface area (Å²) in [5.41, 5.74) is 2.39. The molecule has 0 fully saturated rings. The van der Waals surface area contributed by atoms with E-state index in [9.17, 15) is 0 Å². The largest absolute Gasteiger partial charge is 0.493 e. The van der Waals surface area contributed by atoms with Crippen LogP contribution in [0.1, 0.15) is 35.5 Å². The van der Waals surface area contributed by atoms with Gasteiger partial charge in [0.05, 0.1) is 12.6 Å². The number of hydrogen-bond donors (Lipinski definition) is 1. The van der Waals surface area contributed by atoms with Gasteiger partial charge in [-0.1, -0.05) is 6.92 Å². The van der Waals surface area contributed by atoms with Gasteiger partial charge in [-0.15, -0.1) is 11.3 Å². The Hall–Kier alpha value is -2.09. The number of thiazole rings is 1. The van der Waals surface area contributed by atoms with Gasteiger partial charge >= 0.3 is 0 Å². The molecule has 5 nitrogen and oxygen atoms in total. The molecule has 0 bridgehead atoms. The molecule has 1 N–H and O–H groups in total. The highest BCUT2D eigenvalue weighted by atomic mass is 32.1. The molecule has 1 aliphatic rings. The van der Waals surface area contributed by atoms with Gasteiger partial charge in [-0.25, -0.2) is 4.98 Å². The highest BCUT2D eigenvalue weighted by Gasteiger charge is 2.20. The van der Waals surface area contributed by atoms with Gasteiger partial charge in [0.1, 0.15) is 10.8 Å². The Bertz CT molecular complexity index is 851. The quantitative estimate of drug-likeness (QED) is 0.557. The van der Waals surface area contributed by atoms with Crippen LogP contribution in [0.15, 0.2) is 40.5 Å². The summed E-state index contributed by atoms with van der Waals surface area (Å²) < 4.78 is 17.0. The van der Waals surface area contributed by atoms with Crippen LogP contribution in [-0.4, -0.2) is 18.4 Å². The van der Waals surface area contributed by atoms with Gasteiger partial charge in [-0.2, -0.15) is 11.3 Å². The van der Waals surface area contributed by atoms with Gasteiger partial charge in [0.25, 0.3) is 0 Å². The van der Waals surface area contributed by atoms with Crippen molar-refractivity contribution in [1.82, 2.24) is 10.3 Å². The normalized spacial score (nSPS) is 13.7. The van der Waals surface area contributed by atoms with E-state index in [0.29, 0.717) is 13.2 Å². The Balaban J connectivity index is 1.53. The minimum Gasteiger partial charge on any atom is -0.493 e. The van der Waals surface area contributed by atoms with Crippen molar-refractivity contribution >= 4 is 22.7 Å². The van der Waals surface area contributed by atoms with E-state index in [1.54, 1.807) is 22.7 Å². The average Bonchev–Trinajstić information content (AvgIpc) is 3.45. The van der Waals surface area contributed by atoms with E-state index >= 15 is 0 Å². The molecule has 1 aliphatic heterocycles. The van der Waals surface area contributed by atoms with E-state index in [1.807, 2.05) is 23.7 Å². The van der Waals surface area contributed by atoms with Crippen molar-refractivity contribution in [2.24, 2.45) is 0 Å². The third-order valence-corrected chi connectivity index (χ3v) is 5.95. The summed E-state index contributed by atoms with van der Waals surface area (Å²) >= 11 is 3.40. The van der Waals surface area contributed by atoms with E-state index < -0.39 is 0 Å². The zero-order valence-corrected chi connectivity index (χ0v) is 16.8. The van der Waals surface area contributed by atoms with Crippen molar-refractivity contribution in [2.75, 3.05) is 13.4 Å². The van der Waals surface area contributed by atoms with Gasteiger partial charge in [0, 0.05) is 29.8 Å². The van der Waals surface area contributed by atoms with E-state index in [0.717, 1.165) is 40.7 Å². The zero-order valence-electron chi connectivity index (χ0n) is 15.1. The molecule has 2 aromatic heterocycles. The predicted octanol–water partition coefficient (Wildman–Crippen LogP) is 4.80. The van der Waals surface area contributed by atoms with E-state index in [2.05, 4.69) is 34.1 Å². The van der Waals surface area contributed by atoms with Crippen LogP contribution in [0.4, 0.5) is 0 Å². The Morgan fingerprint density at radius 3 is 2.89 bits per heavy atom. The maximum atomic E-state index is 5.95. The van der Waals surface area contributed by atoms with Crippen LogP contribution in [-0.2, 0) is 13.0 Å². The molecular formula is C20H22N2O3S2. The standard InChI is InChI=1S/C20H22N2O3S2/c1-2-5-23-17-10-19-18(24-13-25-19)9-15(17)11-22-16(20-21-4-7-27-20)8-14-3-6-26-12-14/h3-4,6-7,9-10,12,16,22H,2,5,8,11,13H2,1H3. The third-order valence-electron chi connectivity index (χ3n) is 4.33. The predicted molar refractivity (Wildman–Crippen MR) is 108 cm³/mol. The first-order valence-electron chi connectivity index (χ1n) is 9.02. The number of rotatable bonds is 9. The van der Waals surface area contributed by atoms with Crippen molar-refractivity contribution in [2.45, 2.75) is 32.4 Å². The Morgan fingerprint density at radius 2 is 2.15 bits per heavy atom. The number of hydrogen-bond acceptors (Lipinski definition) is 7.